The first-order valence-corrected chi connectivity index (χ1v) is 7.29. The lowest BCUT2D eigenvalue weighted by Crippen LogP contribution is -2.07. The molecule has 1 heterocycles. The second-order valence-electron chi connectivity index (χ2n) is 4.20. The van der Waals surface area contributed by atoms with E-state index in [9.17, 15) is 13.2 Å². The van der Waals surface area contributed by atoms with Gasteiger partial charge in [0.25, 0.3) is 10.1 Å². The highest BCUT2D eigenvalue weighted by Gasteiger charge is 2.15. The number of nitrogens with zero attached hydrogens (tertiary/aromatic N) is 1. The summed E-state index contributed by atoms with van der Waals surface area (Å²) in [6.07, 6.45) is 0.595. The van der Waals surface area contributed by atoms with Crippen LogP contribution in [0.3, 0.4) is 0 Å². The van der Waals surface area contributed by atoms with Gasteiger partial charge in [-0.15, -0.1) is 0 Å². The predicted molar refractivity (Wildman–Crippen MR) is 72.8 cm³/mol. The van der Waals surface area contributed by atoms with Crippen molar-refractivity contribution < 1.29 is 17.4 Å². The third kappa shape index (κ3) is 3.49. The average molecular weight is 291 g/mol. The Morgan fingerprint density at radius 1 is 1.15 bits per heavy atom. The van der Waals surface area contributed by atoms with Crippen molar-refractivity contribution in [2.75, 3.05) is 0 Å². The number of aromatic nitrogens is 1. The van der Waals surface area contributed by atoms with Crippen LogP contribution in [0.25, 0.3) is 0 Å². The van der Waals surface area contributed by atoms with Crippen molar-refractivity contribution in [3.63, 3.8) is 0 Å². The minimum atomic E-state index is -3.82. The maximum absolute atomic E-state index is 12.0. The van der Waals surface area contributed by atoms with E-state index < -0.39 is 10.1 Å². The van der Waals surface area contributed by atoms with Gasteiger partial charge in [-0.1, -0.05) is 23.8 Å². The van der Waals surface area contributed by atoms with Gasteiger partial charge in [-0.2, -0.15) is 8.42 Å². The molecule has 0 aliphatic heterocycles. The Labute approximate surface area is 117 Å². The monoisotopic (exact) mass is 291 g/mol. The standard InChI is InChI=1S/C14H13NO4S/c1-11-5-7-14(8-6-11)20(17,18)19-10-13-4-2-3-12(9-16)15-13/h2-9H,10H2,1H3. The van der Waals surface area contributed by atoms with Gasteiger partial charge in [0.1, 0.15) is 12.3 Å². The number of carbonyl (C=O) groups excluding carboxylic acids is 1. The minimum Gasteiger partial charge on any atom is -0.296 e. The smallest absolute Gasteiger partial charge is 0.296 e. The maximum atomic E-state index is 12.0. The number of aldehydes is 1. The van der Waals surface area contributed by atoms with E-state index in [4.69, 9.17) is 4.18 Å². The summed E-state index contributed by atoms with van der Waals surface area (Å²) >= 11 is 0. The van der Waals surface area contributed by atoms with Crippen LogP contribution in [0.15, 0.2) is 47.4 Å². The molecule has 0 N–H and O–H groups in total. The van der Waals surface area contributed by atoms with Crippen LogP contribution in [0.2, 0.25) is 0 Å². The summed E-state index contributed by atoms with van der Waals surface area (Å²) in [6.45, 7) is 1.66. The Morgan fingerprint density at radius 2 is 1.85 bits per heavy atom. The molecule has 0 atom stereocenters. The van der Waals surface area contributed by atoms with Crippen molar-refractivity contribution in [3.05, 3.63) is 59.4 Å². The molecule has 1 aromatic heterocycles. The SMILES string of the molecule is Cc1ccc(S(=O)(=O)OCc2cccc(C=O)n2)cc1. The number of carbonyl (C=O) groups is 1. The zero-order chi connectivity index (χ0) is 14.6. The van der Waals surface area contributed by atoms with Crippen LogP contribution >= 0.6 is 0 Å². The van der Waals surface area contributed by atoms with Crippen molar-refractivity contribution in [1.29, 1.82) is 0 Å². The number of pyridine rings is 1. The van der Waals surface area contributed by atoms with Crippen molar-refractivity contribution in [1.82, 2.24) is 4.98 Å². The molecule has 0 saturated heterocycles. The molecule has 0 aliphatic carbocycles. The highest BCUT2D eigenvalue weighted by Crippen LogP contribution is 2.14. The minimum absolute atomic E-state index is 0.0923. The summed E-state index contributed by atoms with van der Waals surface area (Å²) in [5.74, 6) is 0. The summed E-state index contributed by atoms with van der Waals surface area (Å²) in [5.41, 5.74) is 1.58. The Kier molecular flexibility index (Phi) is 4.26. The highest BCUT2D eigenvalue weighted by atomic mass is 32.2. The molecule has 1 aromatic carbocycles. The summed E-state index contributed by atoms with van der Waals surface area (Å²) in [5, 5.41) is 0. The van der Waals surface area contributed by atoms with Gasteiger partial charge < -0.3 is 0 Å². The van der Waals surface area contributed by atoms with Crippen molar-refractivity contribution >= 4 is 16.4 Å². The van der Waals surface area contributed by atoms with Gasteiger partial charge in [0.15, 0.2) is 6.29 Å². The molecule has 5 nitrogen and oxygen atoms in total. The predicted octanol–water partition coefficient (Wildman–Crippen LogP) is 2.11. The molecule has 0 spiro atoms. The third-order valence-electron chi connectivity index (χ3n) is 2.62. The third-order valence-corrected chi connectivity index (χ3v) is 3.90. The van der Waals surface area contributed by atoms with Gasteiger partial charge in [0.2, 0.25) is 0 Å². The molecule has 20 heavy (non-hydrogen) atoms. The fourth-order valence-corrected chi connectivity index (χ4v) is 2.44. The first-order valence-electron chi connectivity index (χ1n) is 5.88. The van der Waals surface area contributed by atoms with E-state index in [0.29, 0.717) is 12.0 Å². The summed E-state index contributed by atoms with van der Waals surface area (Å²) in [7, 11) is -3.82. The van der Waals surface area contributed by atoms with Gasteiger partial charge in [0, 0.05) is 0 Å². The number of hydrogen-bond acceptors (Lipinski definition) is 5. The Bertz CT molecular complexity index is 708. The van der Waals surface area contributed by atoms with Crippen LogP contribution in [0.4, 0.5) is 0 Å². The molecule has 104 valence electrons. The van der Waals surface area contributed by atoms with E-state index in [1.807, 2.05) is 6.92 Å². The molecule has 0 fully saturated rings. The van der Waals surface area contributed by atoms with Crippen LogP contribution in [0, 0.1) is 6.92 Å². The highest BCUT2D eigenvalue weighted by molar-refractivity contribution is 7.86. The van der Waals surface area contributed by atoms with Gasteiger partial charge in [0.05, 0.1) is 10.6 Å². The molecular formula is C14H13NO4S. The molecule has 2 aromatic rings. The van der Waals surface area contributed by atoms with Crippen LogP contribution in [0.5, 0.6) is 0 Å². The maximum Gasteiger partial charge on any atom is 0.297 e. The first-order chi connectivity index (χ1) is 9.51. The number of hydrogen-bond donors (Lipinski definition) is 0. The second kappa shape index (κ2) is 5.94. The normalized spacial score (nSPS) is 11.2. The molecule has 2 rings (SSSR count). The average Bonchev–Trinajstić information content (AvgIpc) is 2.46. The van der Waals surface area contributed by atoms with Gasteiger partial charge in [-0.3, -0.25) is 8.98 Å². The molecule has 0 bridgehead atoms. The summed E-state index contributed by atoms with van der Waals surface area (Å²) < 4.78 is 28.8. The van der Waals surface area contributed by atoms with Crippen molar-refractivity contribution in [3.8, 4) is 0 Å². The first kappa shape index (κ1) is 14.4. The molecule has 0 unspecified atom stereocenters. The van der Waals surface area contributed by atoms with Crippen molar-refractivity contribution in [2.24, 2.45) is 0 Å². The van der Waals surface area contributed by atoms with E-state index in [1.54, 1.807) is 24.3 Å². The molecule has 0 amide bonds. The fraction of sp³-hybridized carbons (Fsp3) is 0.143. The fourth-order valence-electron chi connectivity index (χ4n) is 1.56. The van der Waals surface area contributed by atoms with Crippen LogP contribution in [-0.4, -0.2) is 19.7 Å². The lowest BCUT2D eigenvalue weighted by Gasteiger charge is -2.06. The van der Waals surface area contributed by atoms with Crippen LogP contribution in [-0.2, 0) is 20.9 Å². The van der Waals surface area contributed by atoms with Crippen molar-refractivity contribution in [2.45, 2.75) is 18.4 Å². The Balaban J connectivity index is 2.12. The second-order valence-corrected chi connectivity index (χ2v) is 5.82. The Hall–Kier alpha value is -2.05. The molecule has 0 aliphatic rings. The van der Waals surface area contributed by atoms with Crippen LogP contribution < -0.4 is 0 Å². The quantitative estimate of drug-likeness (QED) is 0.623. The van der Waals surface area contributed by atoms with Gasteiger partial charge in [-0.05, 0) is 31.2 Å². The largest absolute Gasteiger partial charge is 0.297 e. The van der Waals surface area contributed by atoms with E-state index in [-0.39, 0.29) is 17.2 Å². The Morgan fingerprint density at radius 3 is 2.50 bits per heavy atom. The summed E-state index contributed by atoms with van der Waals surface area (Å²) in [6, 6.07) is 11.1. The van der Waals surface area contributed by atoms with Crippen LogP contribution in [0.1, 0.15) is 21.7 Å². The zero-order valence-corrected chi connectivity index (χ0v) is 11.6. The number of benzene rings is 1. The molecule has 6 heteroatoms. The van der Waals surface area contributed by atoms with Gasteiger partial charge in [-0.25, -0.2) is 4.98 Å². The van der Waals surface area contributed by atoms with E-state index >= 15 is 0 Å². The topological polar surface area (TPSA) is 73.3 Å². The lowest BCUT2D eigenvalue weighted by molar-refractivity contribution is 0.111. The number of aryl methyl sites for hydroxylation is 1. The van der Waals surface area contributed by atoms with E-state index in [0.717, 1.165) is 5.56 Å². The number of rotatable bonds is 5. The summed E-state index contributed by atoms with van der Waals surface area (Å²) in [4.78, 5) is 14.6. The molecule has 0 saturated carbocycles. The lowest BCUT2D eigenvalue weighted by atomic mass is 10.2. The zero-order valence-electron chi connectivity index (χ0n) is 10.8. The van der Waals surface area contributed by atoms with E-state index in [2.05, 4.69) is 4.98 Å². The molecule has 0 radical (unpaired) electrons. The molecular weight excluding hydrogens is 278 g/mol. The van der Waals surface area contributed by atoms with Gasteiger partial charge >= 0.3 is 0 Å². The van der Waals surface area contributed by atoms with E-state index in [1.165, 1.54) is 18.2 Å².